The van der Waals surface area contributed by atoms with Crippen LogP contribution < -0.4 is 20.7 Å². The van der Waals surface area contributed by atoms with E-state index >= 15 is 0 Å². The highest BCUT2D eigenvalue weighted by Crippen LogP contribution is 2.30. The van der Waals surface area contributed by atoms with Crippen molar-refractivity contribution in [3.63, 3.8) is 0 Å². The van der Waals surface area contributed by atoms with Crippen molar-refractivity contribution in [2.45, 2.75) is 13.5 Å². The van der Waals surface area contributed by atoms with Gasteiger partial charge in [-0.25, -0.2) is 9.36 Å². The van der Waals surface area contributed by atoms with E-state index in [0.29, 0.717) is 39.7 Å². The highest BCUT2D eigenvalue weighted by atomic mass is 35.5. The Morgan fingerprint density at radius 3 is 2.23 bits per heavy atom. The van der Waals surface area contributed by atoms with Gasteiger partial charge in [0.05, 0.1) is 37.4 Å². The smallest absolute Gasteiger partial charge is 0.336 e. The van der Waals surface area contributed by atoms with Gasteiger partial charge < -0.3 is 9.47 Å². The summed E-state index contributed by atoms with van der Waals surface area (Å²) in [5, 5.41) is 0.865. The summed E-state index contributed by atoms with van der Waals surface area (Å²) in [6.45, 7) is 2.28. The Balaban J connectivity index is 2.08. The molecule has 6 nitrogen and oxygen atoms in total. The van der Waals surface area contributed by atoms with E-state index in [0.717, 1.165) is 15.7 Å². The van der Waals surface area contributed by atoms with Crippen molar-refractivity contribution in [1.82, 2.24) is 9.13 Å². The van der Waals surface area contributed by atoms with Gasteiger partial charge in [-0.3, -0.25) is 9.36 Å². The zero-order chi connectivity index (χ0) is 22.1. The summed E-state index contributed by atoms with van der Waals surface area (Å²) in [6.07, 6.45) is 0. The SMILES string of the molecule is COc1cc2c(=O)n(-c3ccc(Cl)cc3)c(=O)n(Cc3cccc(C)c3)c2cc1OC. The number of nitrogens with zero attached hydrogens (tertiary/aromatic N) is 2. The number of rotatable bonds is 5. The number of aromatic nitrogens is 2. The van der Waals surface area contributed by atoms with Crippen LogP contribution in [0, 0.1) is 6.92 Å². The molecule has 4 rings (SSSR count). The molecule has 0 atom stereocenters. The molecule has 0 N–H and O–H groups in total. The van der Waals surface area contributed by atoms with Crippen molar-refractivity contribution in [2.24, 2.45) is 0 Å². The van der Waals surface area contributed by atoms with Crippen LogP contribution in [-0.2, 0) is 6.54 Å². The summed E-state index contributed by atoms with van der Waals surface area (Å²) in [5.41, 5.74) is 2.05. The Bertz CT molecular complexity index is 1390. The van der Waals surface area contributed by atoms with Crippen molar-refractivity contribution >= 4 is 22.5 Å². The minimum absolute atomic E-state index is 0.292. The summed E-state index contributed by atoms with van der Waals surface area (Å²) >= 11 is 6.00. The monoisotopic (exact) mass is 436 g/mol. The molecule has 1 heterocycles. The van der Waals surface area contributed by atoms with Crippen molar-refractivity contribution in [3.05, 3.63) is 97.7 Å². The second kappa shape index (κ2) is 8.32. The molecule has 0 saturated heterocycles. The molecule has 7 heteroatoms. The van der Waals surface area contributed by atoms with Crippen LogP contribution >= 0.6 is 11.6 Å². The first kappa shape index (κ1) is 20.8. The van der Waals surface area contributed by atoms with Gasteiger partial charge in [-0.2, -0.15) is 0 Å². The van der Waals surface area contributed by atoms with E-state index < -0.39 is 11.2 Å². The molecule has 1 aromatic heterocycles. The number of fused-ring (bicyclic) bond motifs is 1. The zero-order valence-electron chi connectivity index (χ0n) is 17.4. The van der Waals surface area contributed by atoms with Crippen molar-refractivity contribution in [3.8, 4) is 17.2 Å². The fourth-order valence-corrected chi connectivity index (χ4v) is 3.78. The molecule has 0 bridgehead atoms. The number of ether oxygens (including phenoxy) is 2. The van der Waals surface area contributed by atoms with E-state index in [-0.39, 0.29) is 0 Å². The normalized spacial score (nSPS) is 11.0. The van der Waals surface area contributed by atoms with Crippen LogP contribution in [0.4, 0.5) is 0 Å². The summed E-state index contributed by atoms with van der Waals surface area (Å²) < 4.78 is 13.5. The van der Waals surface area contributed by atoms with Crippen LogP contribution in [0.25, 0.3) is 16.6 Å². The molecular formula is C24H21ClN2O4. The van der Waals surface area contributed by atoms with Gasteiger partial charge in [0.25, 0.3) is 5.56 Å². The molecule has 0 amide bonds. The van der Waals surface area contributed by atoms with Crippen LogP contribution in [-0.4, -0.2) is 23.4 Å². The molecule has 0 saturated carbocycles. The quantitative estimate of drug-likeness (QED) is 0.471. The topological polar surface area (TPSA) is 62.5 Å². The van der Waals surface area contributed by atoms with Crippen LogP contribution in [0.3, 0.4) is 0 Å². The summed E-state index contributed by atoms with van der Waals surface area (Å²) in [5.74, 6) is 0.853. The van der Waals surface area contributed by atoms with E-state index in [9.17, 15) is 9.59 Å². The van der Waals surface area contributed by atoms with Gasteiger partial charge in [0.1, 0.15) is 0 Å². The number of aryl methyl sites for hydroxylation is 1. The van der Waals surface area contributed by atoms with Gasteiger partial charge in [-0.05, 0) is 42.8 Å². The fraction of sp³-hybridized carbons (Fsp3) is 0.167. The van der Waals surface area contributed by atoms with Crippen LogP contribution in [0.15, 0.2) is 70.3 Å². The number of benzene rings is 3. The fourth-order valence-electron chi connectivity index (χ4n) is 3.66. The molecule has 0 unspecified atom stereocenters. The lowest BCUT2D eigenvalue weighted by molar-refractivity contribution is 0.355. The van der Waals surface area contributed by atoms with Gasteiger partial charge in [-0.15, -0.1) is 0 Å². The third-order valence-corrected chi connectivity index (χ3v) is 5.41. The number of hydrogen-bond donors (Lipinski definition) is 0. The maximum absolute atomic E-state index is 13.6. The predicted molar refractivity (Wildman–Crippen MR) is 122 cm³/mol. The second-order valence-electron chi connectivity index (χ2n) is 7.20. The summed E-state index contributed by atoms with van der Waals surface area (Å²) in [4.78, 5) is 26.9. The Hall–Kier alpha value is -3.51. The molecule has 0 radical (unpaired) electrons. The van der Waals surface area contributed by atoms with E-state index in [1.807, 2.05) is 31.2 Å². The predicted octanol–water partition coefficient (Wildman–Crippen LogP) is 4.18. The Kier molecular flexibility index (Phi) is 5.57. The van der Waals surface area contributed by atoms with Crippen LogP contribution in [0.2, 0.25) is 5.02 Å². The van der Waals surface area contributed by atoms with E-state index in [1.54, 1.807) is 41.0 Å². The lowest BCUT2D eigenvalue weighted by Crippen LogP contribution is -2.39. The standard InChI is InChI=1S/C24H21ClN2O4/c1-15-5-4-6-16(11-15)14-26-20-13-22(31-3)21(30-2)12-19(20)23(28)27(24(26)29)18-9-7-17(25)8-10-18/h4-13H,14H2,1-3H3. The van der Waals surface area contributed by atoms with Crippen LogP contribution in [0.1, 0.15) is 11.1 Å². The maximum atomic E-state index is 13.6. The molecule has 0 spiro atoms. The highest BCUT2D eigenvalue weighted by molar-refractivity contribution is 6.30. The van der Waals surface area contributed by atoms with Crippen LogP contribution in [0.5, 0.6) is 11.5 Å². The average Bonchev–Trinajstić information content (AvgIpc) is 2.77. The Morgan fingerprint density at radius 1 is 0.903 bits per heavy atom. The third-order valence-electron chi connectivity index (χ3n) is 5.16. The largest absolute Gasteiger partial charge is 0.493 e. The van der Waals surface area contributed by atoms with E-state index in [2.05, 4.69) is 0 Å². The first-order valence-corrected chi connectivity index (χ1v) is 10.0. The molecule has 158 valence electrons. The van der Waals surface area contributed by atoms with E-state index in [1.165, 1.54) is 14.2 Å². The molecule has 4 aromatic rings. The number of methoxy groups -OCH3 is 2. The van der Waals surface area contributed by atoms with Gasteiger partial charge in [0, 0.05) is 11.1 Å². The van der Waals surface area contributed by atoms with Gasteiger partial charge >= 0.3 is 5.69 Å². The molecule has 31 heavy (non-hydrogen) atoms. The minimum Gasteiger partial charge on any atom is -0.493 e. The summed E-state index contributed by atoms with van der Waals surface area (Å²) in [7, 11) is 3.02. The molecule has 0 aliphatic rings. The molecule has 3 aromatic carbocycles. The highest BCUT2D eigenvalue weighted by Gasteiger charge is 2.18. The molecular weight excluding hydrogens is 416 g/mol. The second-order valence-corrected chi connectivity index (χ2v) is 7.64. The molecule has 0 aliphatic carbocycles. The molecule has 0 fully saturated rings. The first-order chi connectivity index (χ1) is 14.9. The van der Waals surface area contributed by atoms with Gasteiger partial charge in [0.15, 0.2) is 11.5 Å². The zero-order valence-corrected chi connectivity index (χ0v) is 18.1. The van der Waals surface area contributed by atoms with E-state index in [4.69, 9.17) is 21.1 Å². The van der Waals surface area contributed by atoms with Crippen molar-refractivity contribution < 1.29 is 9.47 Å². The first-order valence-electron chi connectivity index (χ1n) is 9.66. The van der Waals surface area contributed by atoms with Crippen molar-refractivity contribution in [1.29, 1.82) is 0 Å². The lowest BCUT2D eigenvalue weighted by Gasteiger charge is -2.17. The average molecular weight is 437 g/mol. The maximum Gasteiger partial charge on any atom is 0.336 e. The number of halogens is 1. The number of hydrogen-bond acceptors (Lipinski definition) is 4. The van der Waals surface area contributed by atoms with Gasteiger partial charge in [-0.1, -0.05) is 41.4 Å². The lowest BCUT2D eigenvalue weighted by atomic mass is 10.1. The van der Waals surface area contributed by atoms with Gasteiger partial charge in [0.2, 0.25) is 0 Å². The molecule has 0 aliphatic heterocycles. The van der Waals surface area contributed by atoms with Crippen molar-refractivity contribution in [2.75, 3.05) is 14.2 Å². The Labute approximate surface area is 183 Å². The third kappa shape index (κ3) is 3.82. The Morgan fingerprint density at radius 2 is 1.58 bits per heavy atom. The minimum atomic E-state index is -0.450. The summed E-state index contributed by atoms with van der Waals surface area (Å²) in [6, 6.07) is 17.8.